The van der Waals surface area contributed by atoms with Gasteiger partial charge < -0.3 is 4.90 Å². The second kappa shape index (κ2) is 7.26. The van der Waals surface area contributed by atoms with Gasteiger partial charge in [0.1, 0.15) is 0 Å². The Kier molecular flexibility index (Phi) is 4.33. The van der Waals surface area contributed by atoms with E-state index in [1.807, 2.05) is 47.3 Å². The van der Waals surface area contributed by atoms with E-state index in [-0.39, 0.29) is 0 Å². The maximum absolute atomic E-state index is 4.34. The van der Waals surface area contributed by atoms with Crippen LogP contribution in [0.2, 0.25) is 0 Å². The predicted octanol–water partition coefficient (Wildman–Crippen LogP) is 3.44. The average Bonchev–Trinajstić information content (AvgIpc) is 3.45. The number of hydrogen-bond donors (Lipinski definition) is 1. The summed E-state index contributed by atoms with van der Waals surface area (Å²) in [6.45, 7) is 1.80. The minimum Gasteiger partial charge on any atom is -0.339 e. The van der Waals surface area contributed by atoms with Gasteiger partial charge in [0, 0.05) is 30.3 Å². The van der Waals surface area contributed by atoms with E-state index in [1.54, 1.807) is 0 Å². The maximum Gasteiger partial charge on any atom is 0.250 e. The molecule has 5 rings (SSSR count). The molecule has 4 aromatic rings. The van der Waals surface area contributed by atoms with E-state index in [0.29, 0.717) is 5.92 Å². The lowest BCUT2D eigenvalue weighted by Gasteiger charge is -2.32. The van der Waals surface area contributed by atoms with Crippen LogP contribution in [0, 0.1) is 0 Å². The highest BCUT2D eigenvalue weighted by Crippen LogP contribution is 2.34. The molecule has 1 aliphatic heterocycles. The summed E-state index contributed by atoms with van der Waals surface area (Å²) in [6.07, 6.45) is 4.13. The van der Waals surface area contributed by atoms with Gasteiger partial charge in [-0.25, -0.2) is 0 Å². The number of para-hydroxylation sites is 1. The fraction of sp³-hybridized carbons (Fsp3) is 0.238. The van der Waals surface area contributed by atoms with Crippen molar-refractivity contribution < 1.29 is 0 Å². The van der Waals surface area contributed by atoms with Gasteiger partial charge in [-0.3, -0.25) is 5.10 Å². The largest absolute Gasteiger partial charge is 0.339 e. The Morgan fingerprint density at radius 1 is 0.964 bits per heavy atom. The van der Waals surface area contributed by atoms with Gasteiger partial charge in [0.2, 0.25) is 5.95 Å². The van der Waals surface area contributed by atoms with Gasteiger partial charge in [0.15, 0.2) is 0 Å². The summed E-state index contributed by atoms with van der Waals surface area (Å²) in [5, 5.41) is 20.0. The lowest BCUT2D eigenvalue weighted by atomic mass is 9.91. The molecule has 3 heterocycles. The number of piperidine rings is 1. The van der Waals surface area contributed by atoms with Gasteiger partial charge in [0.05, 0.1) is 11.9 Å². The first kappa shape index (κ1) is 16.7. The molecule has 7 nitrogen and oxygen atoms in total. The highest BCUT2D eigenvalue weighted by atomic mass is 15.6. The smallest absolute Gasteiger partial charge is 0.250 e. The van der Waals surface area contributed by atoms with Gasteiger partial charge in [-0.2, -0.15) is 9.78 Å². The van der Waals surface area contributed by atoms with Gasteiger partial charge in [-0.15, -0.1) is 0 Å². The van der Waals surface area contributed by atoms with Crippen molar-refractivity contribution in [2.75, 3.05) is 18.0 Å². The lowest BCUT2D eigenvalue weighted by Crippen LogP contribution is -2.36. The first-order chi connectivity index (χ1) is 13.9. The Balaban J connectivity index is 1.44. The van der Waals surface area contributed by atoms with Gasteiger partial charge in [-0.05, 0) is 41.0 Å². The number of aromatic nitrogens is 6. The summed E-state index contributed by atoms with van der Waals surface area (Å²) in [5.41, 5.74) is 4.53. The minimum absolute atomic E-state index is 0.354. The molecule has 1 aliphatic rings. The van der Waals surface area contributed by atoms with Crippen molar-refractivity contribution in [3.63, 3.8) is 0 Å². The van der Waals surface area contributed by atoms with Crippen molar-refractivity contribution in [1.29, 1.82) is 0 Å². The molecular formula is C21H21N7. The number of nitrogens with one attached hydrogen (secondary N) is 1. The molecule has 2 aromatic carbocycles. The number of tetrazole rings is 1. The van der Waals surface area contributed by atoms with Crippen LogP contribution in [-0.4, -0.2) is 43.5 Å². The van der Waals surface area contributed by atoms with Gasteiger partial charge in [-0.1, -0.05) is 53.6 Å². The van der Waals surface area contributed by atoms with E-state index in [1.165, 1.54) is 16.8 Å². The van der Waals surface area contributed by atoms with Crippen molar-refractivity contribution in [1.82, 2.24) is 30.4 Å². The normalized spacial score (nSPS) is 17.0. The van der Waals surface area contributed by atoms with Crippen molar-refractivity contribution in [2.45, 2.75) is 18.8 Å². The van der Waals surface area contributed by atoms with E-state index >= 15 is 0 Å². The molecule has 0 unspecified atom stereocenters. The Bertz CT molecular complexity index is 955. The molecule has 0 aliphatic carbocycles. The molecule has 1 N–H and O–H groups in total. The van der Waals surface area contributed by atoms with Crippen molar-refractivity contribution in [3.8, 4) is 16.8 Å². The van der Waals surface area contributed by atoms with Crippen LogP contribution in [0.3, 0.4) is 0 Å². The summed E-state index contributed by atoms with van der Waals surface area (Å²) < 4.78 is 1.81. The predicted molar refractivity (Wildman–Crippen MR) is 107 cm³/mol. The van der Waals surface area contributed by atoms with Crippen molar-refractivity contribution in [3.05, 3.63) is 72.6 Å². The van der Waals surface area contributed by atoms with Crippen LogP contribution in [0.4, 0.5) is 5.95 Å². The molecule has 1 fully saturated rings. The Morgan fingerprint density at radius 2 is 1.75 bits per heavy atom. The average molecular weight is 371 g/mol. The standard InChI is InChI=1S/C21H21N7/c1-3-8-16(9-4-1)19-14-22-23-20(19)17-10-7-13-27(15-17)21-24-25-26-28(21)18-11-5-2-6-12-18/h1-6,8-9,11-12,14,17H,7,10,13,15H2,(H,22,23)/t17-/m0/s1. The van der Waals surface area contributed by atoms with E-state index in [0.717, 1.165) is 37.6 Å². The van der Waals surface area contributed by atoms with E-state index in [9.17, 15) is 0 Å². The SMILES string of the molecule is c1ccc(-c2cn[nH]c2[C@H]2CCCN(c3nnnn3-c3ccccc3)C2)cc1. The van der Waals surface area contributed by atoms with E-state index < -0.39 is 0 Å². The third-order valence-electron chi connectivity index (χ3n) is 5.32. The summed E-state index contributed by atoms with van der Waals surface area (Å²) >= 11 is 0. The molecular weight excluding hydrogens is 350 g/mol. The maximum atomic E-state index is 4.34. The molecule has 0 saturated carbocycles. The Labute approximate surface area is 163 Å². The zero-order chi connectivity index (χ0) is 18.8. The van der Waals surface area contributed by atoms with Crippen LogP contribution in [0.15, 0.2) is 66.9 Å². The van der Waals surface area contributed by atoms with Crippen LogP contribution in [-0.2, 0) is 0 Å². The highest BCUT2D eigenvalue weighted by Gasteiger charge is 2.28. The Hall–Kier alpha value is -3.48. The molecule has 1 saturated heterocycles. The molecule has 140 valence electrons. The first-order valence-corrected chi connectivity index (χ1v) is 9.57. The number of hydrogen-bond acceptors (Lipinski definition) is 5. The molecule has 0 spiro atoms. The zero-order valence-corrected chi connectivity index (χ0v) is 15.4. The van der Waals surface area contributed by atoms with Crippen LogP contribution in [0.1, 0.15) is 24.5 Å². The number of anilines is 1. The summed E-state index contributed by atoms with van der Waals surface area (Å²) in [7, 11) is 0. The third kappa shape index (κ3) is 3.05. The molecule has 7 heteroatoms. The van der Waals surface area contributed by atoms with Crippen LogP contribution in [0.5, 0.6) is 0 Å². The fourth-order valence-corrected chi connectivity index (χ4v) is 3.97. The molecule has 0 radical (unpaired) electrons. The topological polar surface area (TPSA) is 75.5 Å². The van der Waals surface area contributed by atoms with Gasteiger partial charge >= 0.3 is 0 Å². The molecule has 1 atom stereocenters. The molecule has 0 bridgehead atoms. The first-order valence-electron chi connectivity index (χ1n) is 9.57. The number of benzene rings is 2. The third-order valence-corrected chi connectivity index (χ3v) is 5.32. The summed E-state index contributed by atoms with van der Waals surface area (Å²) in [4.78, 5) is 2.27. The van der Waals surface area contributed by atoms with Crippen molar-refractivity contribution in [2.24, 2.45) is 0 Å². The lowest BCUT2D eigenvalue weighted by molar-refractivity contribution is 0.492. The van der Waals surface area contributed by atoms with Gasteiger partial charge in [0.25, 0.3) is 0 Å². The Morgan fingerprint density at radius 3 is 2.57 bits per heavy atom. The molecule has 2 aromatic heterocycles. The van der Waals surface area contributed by atoms with E-state index in [4.69, 9.17) is 0 Å². The number of aromatic amines is 1. The van der Waals surface area contributed by atoms with E-state index in [2.05, 4.69) is 54.9 Å². The zero-order valence-electron chi connectivity index (χ0n) is 15.4. The van der Waals surface area contributed by atoms with Crippen LogP contribution < -0.4 is 4.90 Å². The summed E-state index contributed by atoms with van der Waals surface area (Å²) in [6, 6.07) is 20.4. The minimum atomic E-state index is 0.354. The second-order valence-corrected chi connectivity index (χ2v) is 7.07. The quantitative estimate of drug-likeness (QED) is 0.595. The summed E-state index contributed by atoms with van der Waals surface area (Å²) in [5.74, 6) is 1.14. The monoisotopic (exact) mass is 371 g/mol. The second-order valence-electron chi connectivity index (χ2n) is 7.07. The number of rotatable bonds is 4. The molecule has 0 amide bonds. The van der Waals surface area contributed by atoms with Crippen LogP contribution in [0.25, 0.3) is 16.8 Å². The fourth-order valence-electron chi connectivity index (χ4n) is 3.97. The number of H-pyrrole nitrogens is 1. The van der Waals surface area contributed by atoms with Crippen LogP contribution >= 0.6 is 0 Å². The molecule has 28 heavy (non-hydrogen) atoms. The number of nitrogens with zero attached hydrogens (tertiary/aromatic N) is 6. The van der Waals surface area contributed by atoms with Crippen molar-refractivity contribution >= 4 is 5.95 Å². The highest BCUT2D eigenvalue weighted by molar-refractivity contribution is 5.66.